The second kappa shape index (κ2) is 6.01. The molecule has 0 aliphatic carbocycles. The molecule has 24 heavy (non-hydrogen) atoms. The Hall–Kier alpha value is -3.39. The maximum atomic E-state index is 12.3. The van der Waals surface area contributed by atoms with E-state index in [0.29, 0.717) is 16.8 Å². The fraction of sp³-hybridized carbons (Fsp3) is 0.105. The van der Waals surface area contributed by atoms with Crippen molar-refractivity contribution in [1.29, 1.82) is 5.26 Å². The van der Waals surface area contributed by atoms with Crippen LogP contribution in [-0.4, -0.2) is 18.1 Å². The Kier molecular flexibility index (Phi) is 3.88. The molecule has 0 radical (unpaired) electrons. The molecule has 5 heteroatoms. The van der Waals surface area contributed by atoms with E-state index < -0.39 is 11.5 Å². The molecule has 0 atom stereocenters. The molecule has 2 aromatic carbocycles. The standard InChI is InChI=1S/C19H14N2O3/c1-11-16(19(23)24-2)17(15(10-20)18(22)21-11)14-9-5-7-12-6-3-4-8-13(12)14/h3-9H,1-2H3,(H,21,22). The number of methoxy groups -OCH3 is 1. The minimum atomic E-state index is -0.594. The summed E-state index contributed by atoms with van der Waals surface area (Å²) in [6, 6.07) is 15.1. The highest BCUT2D eigenvalue weighted by Gasteiger charge is 2.24. The number of H-pyrrole nitrogens is 1. The van der Waals surface area contributed by atoms with Crippen LogP contribution in [0, 0.1) is 18.3 Å². The molecule has 118 valence electrons. The average Bonchev–Trinajstić information content (AvgIpc) is 2.60. The van der Waals surface area contributed by atoms with Crippen molar-refractivity contribution in [3.8, 4) is 17.2 Å². The van der Waals surface area contributed by atoms with Crippen molar-refractivity contribution in [1.82, 2.24) is 4.98 Å². The van der Waals surface area contributed by atoms with Gasteiger partial charge in [0.15, 0.2) is 0 Å². The smallest absolute Gasteiger partial charge is 0.340 e. The number of aryl methyl sites for hydroxylation is 1. The Balaban J connectivity index is 2.53. The molecule has 0 saturated carbocycles. The number of aromatic amines is 1. The third-order valence-corrected chi connectivity index (χ3v) is 3.96. The van der Waals surface area contributed by atoms with Crippen molar-refractivity contribution in [3.63, 3.8) is 0 Å². The Morgan fingerprint density at radius 1 is 1.17 bits per heavy atom. The molecular formula is C19H14N2O3. The first-order valence-corrected chi connectivity index (χ1v) is 7.32. The van der Waals surface area contributed by atoms with Gasteiger partial charge in [0.2, 0.25) is 0 Å². The predicted molar refractivity (Wildman–Crippen MR) is 90.8 cm³/mol. The van der Waals surface area contributed by atoms with Crippen LogP contribution in [0.25, 0.3) is 21.9 Å². The van der Waals surface area contributed by atoms with Crippen molar-refractivity contribution in [2.24, 2.45) is 0 Å². The van der Waals surface area contributed by atoms with Crippen LogP contribution in [0.5, 0.6) is 0 Å². The zero-order valence-electron chi connectivity index (χ0n) is 13.2. The summed E-state index contributed by atoms with van der Waals surface area (Å²) in [6.07, 6.45) is 0. The SMILES string of the molecule is COC(=O)c1c(C)[nH]c(=O)c(C#N)c1-c1cccc2ccccc12. The van der Waals surface area contributed by atoms with E-state index in [0.717, 1.165) is 10.8 Å². The van der Waals surface area contributed by atoms with Gasteiger partial charge in [-0.3, -0.25) is 4.79 Å². The number of hydrogen-bond acceptors (Lipinski definition) is 4. The van der Waals surface area contributed by atoms with Gasteiger partial charge in [0, 0.05) is 11.3 Å². The maximum absolute atomic E-state index is 12.3. The molecule has 0 aliphatic heterocycles. The van der Waals surface area contributed by atoms with Gasteiger partial charge in [-0.2, -0.15) is 5.26 Å². The highest BCUT2D eigenvalue weighted by Crippen LogP contribution is 2.33. The first kappa shape index (κ1) is 15.5. The van der Waals surface area contributed by atoms with Crippen molar-refractivity contribution in [2.45, 2.75) is 6.92 Å². The lowest BCUT2D eigenvalue weighted by Crippen LogP contribution is -2.19. The number of benzene rings is 2. The van der Waals surface area contributed by atoms with Crippen LogP contribution >= 0.6 is 0 Å². The number of aromatic nitrogens is 1. The van der Waals surface area contributed by atoms with Crippen LogP contribution in [0.4, 0.5) is 0 Å². The van der Waals surface area contributed by atoms with Gasteiger partial charge in [-0.25, -0.2) is 4.79 Å². The Morgan fingerprint density at radius 3 is 2.58 bits per heavy atom. The van der Waals surface area contributed by atoms with Crippen LogP contribution < -0.4 is 5.56 Å². The van der Waals surface area contributed by atoms with Gasteiger partial charge >= 0.3 is 5.97 Å². The van der Waals surface area contributed by atoms with E-state index in [1.165, 1.54) is 7.11 Å². The molecule has 0 fully saturated rings. The summed E-state index contributed by atoms with van der Waals surface area (Å²) < 4.78 is 4.86. The van der Waals surface area contributed by atoms with Gasteiger partial charge in [0.25, 0.3) is 5.56 Å². The summed E-state index contributed by atoms with van der Waals surface area (Å²) in [5.41, 5.74) is 0.906. The van der Waals surface area contributed by atoms with Crippen LogP contribution in [0.2, 0.25) is 0 Å². The lowest BCUT2D eigenvalue weighted by molar-refractivity contribution is 0.0600. The van der Waals surface area contributed by atoms with Crippen molar-refractivity contribution in [3.05, 3.63) is 69.6 Å². The summed E-state index contributed by atoms with van der Waals surface area (Å²) in [7, 11) is 1.27. The third kappa shape index (κ3) is 2.34. The maximum Gasteiger partial charge on any atom is 0.340 e. The summed E-state index contributed by atoms with van der Waals surface area (Å²) in [6.45, 7) is 1.61. The highest BCUT2D eigenvalue weighted by atomic mass is 16.5. The Morgan fingerprint density at radius 2 is 1.88 bits per heavy atom. The van der Waals surface area contributed by atoms with Gasteiger partial charge in [-0.1, -0.05) is 42.5 Å². The number of ether oxygens (including phenoxy) is 1. The zero-order valence-corrected chi connectivity index (χ0v) is 13.2. The topological polar surface area (TPSA) is 83.0 Å². The summed E-state index contributed by atoms with van der Waals surface area (Å²) in [5, 5.41) is 11.3. The van der Waals surface area contributed by atoms with E-state index >= 15 is 0 Å². The molecular weight excluding hydrogens is 304 g/mol. The number of fused-ring (bicyclic) bond motifs is 1. The van der Waals surface area contributed by atoms with Crippen LogP contribution in [0.3, 0.4) is 0 Å². The number of carbonyl (C=O) groups is 1. The number of rotatable bonds is 2. The molecule has 3 rings (SSSR count). The van der Waals surface area contributed by atoms with Crippen LogP contribution in [0.15, 0.2) is 47.3 Å². The van der Waals surface area contributed by atoms with Crippen molar-refractivity contribution >= 4 is 16.7 Å². The lowest BCUT2D eigenvalue weighted by Gasteiger charge is -2.14. The summed E-state index contributed by atoms with van der Waals surface area (Å²) >= 11 is 0. The fourth-order valence-electron chi connectivity index (χ4n) is 2.90. The van der Waals surface area contributed by atoms with Crippen LogP contribution in [-0.2, 0) is 4.74 Å². The molecule has 5 nitrogen and oxygen atoms in total. The average molecular weight is 318 g/mol. The Bertz CT molecular complexity index is 1050. The van der Waals surface area contributed by atoms with E-state index in [-0.39, 0.29) is 11.1 Å². The number of nitrogens with one attached hydrogen (secondary N) is 1. The lowest BCUT2D eigenvalue weighted by atomic mass is 9.91. The number of esters is 1. The van der Waals surface area contributed by atoms with Crippen LogP contribution in [0.1, 0.15) is 21.6 Å². The number of nitriles is 1. The normalized spacial score (nSPS) is 10.4. The number of carbonyl (C=O) groups excluding carboxylic acids is 1. The monoisotopic (exact) mass is 318 g/mol. The molecule has 1 N–H and O–H groups in total. The Labute approximate surface area is 138 Å². The fourth-order valence-corrected chi connectivity index (χ4v) is 2.90. The van der Waals surface area contributed by atoms with Gasteiger partial charge in [-0.05, 0) is 23.3 Å². The third-order valence-electron chi connectivity index (χ3n) is 3.96. The highest BCUT2D eigenvalue weighted by molar-refractivity contribution is 6.06. The molecule has 0 spiro atoms. The van der Waals surface area contributed by atoms with E-state index in [1.807, 2.05) is 42.5 Å². The van der Waals surface area contributed by atoms with E-state index in [9.17, 15) is 14.9 Å². The minimum Gasteiger partial charge on any atom is -0.465 e. The quantitative estimate of drug-likeness (QED) is 0.736. The summed E-state index contributed by atoms with van der Waals surface area (Å²) in [4.78, 5) is 27.1. The van der Waals surface area contributed by atoms with Crippen molar-refractivity contribution < 1.29 is 9.53 Å². The molecule has 0 aliphatic rings. The largest absolute Gasteiger partial charge is 0.465 e. The van der Waals surface area contributed by atoms with Gasteiger partial charge in [0.1, 0.15) is 11.6 Å². The number of hydrogen-bond donors (Lipinski definition) is 1. The van der Waals surface area contributed by atoms with E-state index in [1.54, 1.807) is 13.0 Å². The molecule has 0 saturated heterocycles. The molecule has 0 bridgehead atoms. The second-order valence-electron chi connectivity index (χ2n) is 5.33. The zero-order chi connectivity index (χ0) is 17.3. The summed E-state index contributed by atoms with van der Waals surface area (Å²) in [5.74, 6) is -0.594. The molecule has 1 aromatic heterocycles. The minimum absolute atomic E-state index is 0.0997. The first-order valence-electron chi connectivity index (χ1n) is 7.32. The molecule has 0 unspecified atom stereocenters. The number of pyridine rings is 1. The van der Waals surface area contributed by atoms with Gasteiger partial charge in [-0.15, -0.1) is 0 Å². The van der Waals surface area contributed by atoms with Gasteiger partial charge in [0.05, 0.1) is 12.7 Å². The second-order valence-corrected chi connectivity index (χ2v) is 5.33. The van der Waals surface area contributed by atoms with E-state index in [2.05, 4.69) is 4.98 Å². The first-order chi connectivity index (χ1) is 11.6. The van der Waals surface area contributed by atoms with Gasteiger partial charge < -0.3 is 9.72 Å². The van der Waals surface area contributed by atoms with E-state index in [4.69, 9.17) is 4.74 Å². The molecule has 0 amide bonds. The number of nitrogens with zero attached hydrogens (tertiary/aromatic N) is 1. The predicted octanol–water partition coefficient (Wildman–Crippen LogP) is 3.16. The molecule has 1 heterocycles. The molecule has 3 aromatic rings. The van der Waals surface area contributed by atoms with Crippen molar-refractivity contribution in [2.75, 3.05) is 7.11 Å².